The number of nitrogens with zero attached hydrogens (tertiary/aromatic N) is 5. The average Bonchev–Trinajstić information content (AvgIpc) is 2.66. The van der Waals surface area contributed by atoms with E-state index in [1.54, 1.807) is 7.11 Å². The van der Waals surface area contributed by atoms with Crippen molar-refractivity contribution in [1.82, 2.24) is 20.1 Å². The first-order valence-corrected chi connectivity index (χ1v) is 9.11. The Bertz CT molecular complexity index is 508. The summed E-state index contributed by atoms with van der Waals surface area (Å²) in [5.74, 6) is 2.08. The molecule has 2 rings (SSSR count). The fourth-order valence-electron chi connectivity index (χ4n) is 2.80. The van der Waals surface area contributed by atoms with Gasteiger partial charge in [-0.3, -0.25) is 4.99 Å². The number of guanidine groups is 1. The number of methoxy groups -OCH3 is 1. The van der Waals surface area contributed by atoms with Crippen molar-refractivity contribution in [3.05, 3.63) is 24.4 Å². The van der Waals surface area contributed by atoms with Gasteiger partial charge in [0, 0.05) is 59.1 Å². The van der Waals surface area contributed by atoms with Crippen LogP contribution in [0, 0.1) is 0 Å². The maximum Gasteiger partial charge on any atom is 0.194 e. The molecule has 1 aliphatic rings. The Morgan fingerprint density at radius 2 is 2.04 bits per heavy atom. The predicted octanol–water partition coefficient (Wildman–Crippen LogP) is 1.37. The van der Waals surface area contributed by atoms with E-state index in [0.29, 0.717) is 0 Å². The molecule has 7 nitrogen and oxygen atoms in total. The molecule has 0 saturated carbocycles. The molecule has 1 N–H and O–H groups in total. The summed E-state index contributed by atoms with van der Waals surface area (Å²) in [6, 6.07) is 6.07. The van der Waals surface area contributed by atoms with Crippen LogP contribution in [-0.2, 0) is 4.74 Å². The number of aliphatic imine (C=N–C) groups is 1. The van der Waals surface area contributed by atoms with Gasteiger partial charge < -0.3 is 24.8 Å². The molecule has 0 atom stereocenters. The Kier molecular flexibility index (Phi) is 11.5. The minimum absolute atomic E-state index is 0. The van der Waals surface area contributed by atoms with Crippen LogP contribution in [0.5, 0.6) is 0 Å². The van der Waals surface area contributed by atoms with Crippen molar-refractivity contribution in [1.29, 1.82) is 0 Å². The van der Waals surface area contributed by atoms with Crippen LogP contribution in [0.4, 0.5) is 5.82 Å². The Morgan fingerprint density at radius 3 is 2.65 bits per heavy atom. The van der Waals surface area contributed by atoms with Crippen LogP contribution < -0.4 is 10.2 Å². The summed E-state index contributed by atoms with van der Waals surface area (Å²) in [5, 5.41) is 3.42. The van der Waals surface area contributed by atoms with Gasteiger partial charge in [-0.1, -0.05) is 6.07 Å². The smallest absolute Gasteiger partial charge is 0.194 e. The van der Waals surface area contributed by atoms with Crippen molar-refractivity contribution < 1.29 is 4.74 Å². The molecule has 1 aliphatic heterocycles. The first-order chi connectivity index (χ1) is 12.2. The van der Waals surface area contributed by atoms with E-state index in [1.165, 1.54) is 0 Å². The van der Waals surface area contributed by atoms with Gasteiger partial charge in [-0.15, -0.1) is 24.0 Å². The van der Waals surface area contributed by atoms with Crippen molar-refractivity contribution in [2.24, 2.45) is 4.99 Å². The highest BCUT2D eigenvalue weighted by molar-refractivity contribution is 14.0. The second-order valence-corrected chi connectivity index (χ2v) is 6.19. The van der Waals surface area contributed by atoms with Gasteiger partial charge in [0.2, 0.25) is 0 Å². The highest BCUT2D eigenvalue weighted by atomic mass is 127. The highest BCUT2D eigenvalue weighted by Crippen LogP contribution is 2.12. The standard InChI is InChI=1S/C18H32N6O.HI/c1-4-19-18(21-9-10-22(2)15-16-25-3)24-13-11-23(12-14-24)17-7-5-6-8-20-17;/h5-8H,4,9-16H2,1-3H3,(H,19,21);1H. The molecule has 148 valence electrons. The lowest BCUT2D eigenvalue weighted by Crippen LogP contribution is -2.52. The van der Waals surface area contributed by atoms with Gasteiger partial charge in [-0.05, 0) is 26.1 Å². The largest absolute Gasteiger partial charge is 0.383 e. The maximum atomic E-state index is 5.11. The van der Waals surface area contributed by atoms with E-state index in [9.17, 15) is 0 Å². The lowest BCUT2D eigenvalue weighted by atomic mass is 10.3. The van der Waals surface area contributed by atoms with Crippen molar-refractivity contribution in [3.63, 3.8) is 0 Å². The predicted molar refractivity (Wildman–Crippen MR) is 119 cm³/mol. The van der Waals surface area contributed by atoms with E-state index in [2.05, 4.69) is 45.0 Å². The Morgan fingerprint density at radius 1 is 1.27 bits per heavy atom. The molecule has 0 aromatic carbocycles. The second kappa shape index (κ2) is 13.1. The van der Waals surface area contributed by atoms with Gasteiger partial charge in [0.05, 0.1) is 13.2 Å². The van der Waals surface area contributed by atoms with Crippen LogP contribution in [0.3, 0.4) is 0 Å². The third-order valence-corrected chi connectivity index (χ3v) is 4.31. The van der Waals surface area contributed by atoms with Crippen LogP contribution in [0.25, 0.3) is 0 Å². The van der Waals surface area contributed by atoms with Crippen molar-refractivity contribution in [2.45, 2.75) is 6.92 Å². The Hall–Kier alpha value is -1.13. The van der Waals surface area contributed by atoms with E-state index in [-0.39, 0.29) is 24.0 Å². The molecule has 0 radical (unpaired) electrons. The van der Waals surface area contributed by atoms with Crippen LogP contribution in [0.15, 0.2) is 29.4 Å². The minimum Gasteiger partial charge on any atom is -0.383 e. The van der Waals surface area contributed by atoms with Crippen molar-refractivity contribution in [2.75, 3.05) is 78.0 Å². The topological polar surface area (TPSA) is 56.2 Å². The molecule has 0 amide bonds. The molecule has 26 heavy (non-hydrogen) atoms. The van der Waals surface area contributed by atoms with Crippen LogP contribution in [0.2, 0.25) is 0 Å². The summed E-state index contributed by atoms with van der Waals surface area (Å²) < 4.78 is 5.11. The third-order valence-electron chi connectivity index (χ3n) is 4.31. The SMILES string of the molecule is CCNC(=NCCN(C)CCOC)N1CCN(c2ccccn2)CC1.I. The molecule has 1 aromatic heterocycles. The molecule has 1 aromatic rings. The van der Waals surface area contributed by atoms with E-state index >= 15 is 0 Å². The van der Waals surface area contributed by atoms with Gasteiger partial charge in [-0.2, -0.15) is 0 Å². The molecule has 1 fully saturated rings. The molecular weight excluding hydrogens is 443 g/mol. The minimum atomic E-state index is 0. The number of anilines is 1. The quantitative estimate of drug-likeness (QED) is 0.348. The highest BCUT2D eigenvalue weighted by Gasteiger charge is 2.20. The zero-order valence-corrected chi connectivity index (χ0v) is 18.6. The number of ether oxygens (including phenoxy) is 1. The molecule has 0 aliphatic carbocycles. The molecule has 0 bridgehead atoms. The van der Waals surface area contributed by atoms with Crippen LogP contribution in [-0.4, -0.2) is 93.9 Å². The molecular formula is C18H33IN6O. The number of pyridine rings is 1. The first-order valence-electron chi connectivity index (χ1n) is 9.11. The lowest BCUT2D eigenvalue weighted by molar-refractivity contribution is 0.163. The molecule has 0 spiro atoms. The monoisotopic (exact) mass is 476 g/mol. The molecule has 0 unspecified atom stereocenters. The number of likely N-dealkylation sites (N-methyl/N-ethyl adjacent to an activating group) is 1. The van der Waals surface area contributed by atoms with E-state index in [1.807, 2.05) is 18.3 Å². The van der Waals surface area contributed by atoms with Crippen molar-refractivity contribution >= 4 is 35.8 Å². The molecule has 8 heteroatoms. The molecule has 1 saturated heterocycles. The number of nitrogens with one attached hydrogen (secondary N) is 1. The summed E-state index contributed by atoms with van der Waals surface area (Å²) >= 11 is 0. The number of aromatic nitrogens is 1. The summed E-state index contributed by atoms with van der Waals surface area (Å²) in [5.41, 5.74) is 0. The summed E-state index contributed by atoms with van der Waals surface area (Å²) in [7, 11) is 3.84. The first kappa shape index (κ1) is 22.9. The van der Waals surface area contributed by atoms with E-state index in [0.717, 1.165) is 70.7 Å². The lowest BCUT2D eigenvalue weighted by Gasteiger charge is -2.37. The number of hydrogen-bond acceptors (Lipinski definition) is 5. The number of rotatable bonds is 8. The number of halogens is 1. The van der Waals surface area contributed by atoms with Crippen LogP contribution in [0.1, 0.15) is 6.92 Å². The average molecular weight is 476 g/mol. The van der Waals surface area contributed by atoms with Gasteiger partial charge >= 0.3 is 0 Å². The fourth-order valence-corrected chi connectivity index (χ4v) is 2.80. The van der Waals surface area contributed by atoms with Gasteiger partial charge in [0.15, 0.2) is 5.96 Å². The number of piperazine rings is 1. The van der Waals surface area contributed by atoms with E-state index < -0.39 is 0 Å². The zero-order valence-electron chi connectivity index (χ0n) is 16.2. The maximum absolute atomic E-state index is 5.11. The van der Waals surface area contributed by atoms with Gasteiger partial charge in [0.25, 0.3) is 0 Å². The van der Waals surface area contributed by atoms with Crippen molar-refractivity contribution in [3.8, 4) is 0 Å². The summed E-state index contributed by atoms with van der Waals surface area (Å²) in [6.07, 6.45) is 1.85. The number of hydrogen-bond donors (Lipinski definition) is 1. The Labute approximate surface area is 174 Å². The third kappa shape index (κ3) is 7.63. The zero-order chi connectivity index (χ0) is 17.9. The second-order valence-electron chi connectivity index (χ2n) is 6.19. The fraction of sp³-hybridized carbons (Fsp3) is 0.667. The summed E-state index contributed by atoms with van der Waals surface area (Å²) in [4.78, 5) is 16.2. The molecule has 2 heterocycles. The van der Waals surface area contributed by atoms with Crippen LogP contribution >= 0.6 is 24.0 Å². The summed E-state index contributed by atoms with van der Waals surface area (Å²) in [6.45, 7) is 10.3. The van der Waals surface area contributed by atoms with E-state index in [4.69, 9.17) is 9.73 Å². The Balaban J connectivity index is 0.00000338. The van der Waals surface area contributed by atoms with Gasteiger partial charge in [0.1, 0.15) is 5.82 Å². The normalized spacial score (nSPS) is 15.2. The van der Waals surface area contributed by atoms with Gasteiger partial charge in [-0.25, -0.2) is 4.98 Å².